The zero-order chi connectivity index (χ0) is 18.9. The first-order valence-corrected chi connectivity index (χ1v) is 9.23. The van der Waals surface area contributed by atoms with E-state index in [4.69, 9.17) is 5.73 Å². The van der Waals surface area contributed by atoms with E-state index in [9.17, 15) is 0 Å². The normalized spacial score (nSPS) is 14.5. The number of aromatic nitrogens is 5. The van der Waals surface area contributed by atoms with E-state index in [1.165, 1.54) is 0 Å². The van der Waals surface area contributed by atoms with Crippen molar-refractivity contribution in [1.82, 2.24) is 36.0 Å². The molecule has 5 rings (SSSR count). The molecule has 1 aliphatic heterocycles. The average molecular weight is 371 g/mol. The van der Waals surface area contributed by atoms with Crippen LogP contribution in [0.15, 0.2) is 48.9 Å². The number of pyridine rings is 1. The van der Waals surface area contributed by atoms with Gasteiger partial charge in [-0.25, -0.2) is 15.0 Å². The summed E-state index contributed by atoms with van der Waals surface area (Å²) in [5.41, 5.74) is 13.0. The molecule has 3 N–H and O–H groups in total. The molecule has 1 fully saturated rings. The number of piperazine rings is 1. The number of benzene rings is 1. The number of hydrogen-bond donors (Lipinski definition) is 2. The third-order valence-corrected chi connectivity index (χ3v) is 4.89. The number of hydrogen-bond acceptors (Lipinski definition) is 6. The molecule has 1 aliphatic rings. The molecule has 139 valence electrons. The summed E-state index contributed by atoms with van der Waals surface area (Å²) in [5.74, 6) is 0.640. The first-order chi connectivity index (χ1) is 13.8. The summed E-state index contributed by atoms with van der Waals surface area (Å²) in [7, 11) is 0. The summed E-state index contributed by atoms with van der Waals surface area (Å²) >= 11 is 0. The van der Waals surface area contributed by atoms with Crippen molar-refractivity contribution >= 4 is 22.5 Å². The summed E-state index contributed by atoms with van der Waals surface area (Å²) in [6.45, 7) is 3.83. The van der Waals surface area contributed by atoms with Crippen molar-refractivity contribution in [3.05, 3.63) is 48.9 Å². The first-order valence-electron chi connectivity index (χ1n) is 9.23. The van der Waals surface area contributed by atoms with Crippen molar-refractivity contribution in [3.63, 3.8) is 0 Å². The van der Waals surface area contributed by atoms with Gasteiger partial charge in [-0.15, -0.1) is 0 Å². The van der Waals surface area contributed by atoms with Crippen LogP contribution in [0.2, 0.25) is 0 Å². The van der Waals surface area contributed by atoms with Crippen molar-refractivity contribution in [2.45, 2.75) is 0 Å². The number of para-hydroxylation sites is 2. The Balaban J connectivity index is 1.54. The molecule has 0 saturated carbocycles. The van der Waals surface area contributed by atoms with Crippen LogP contribution in [0.25, 0.3) is 33.8 Å². The van der Waals surface area contributed by atoms with Crippen LogP contribution in [0, 0.1) is 0 Å². The van der Waals surface area contributed by atoms with Gasteiger partial charge in [0.1, 0.15) is 0 Å². The molecule has 4 heterocycles. The monoisotopic (exact) mass is 371 g/mol. The maximum atomic E-state index is 8.18. The van der Waals surface area contributed by atoms with Gasteiger partial charge in [-0.05, 0) is 18.2 Å². The second kappa shape index (κ2) is 6.90. The zero-order valence-electron chi connectivity index (χ0n) is 15.2. The maximum absolute atomic E-state index is 8.18. The van der Waals surface area contributed by atoms with E-state index in [1.54, 1.807) is 12.4 Å². The summed E-state index contributed by atoms with van der Waals surface area (Å²) < 4.78 is 0. The Kier molecular flexibility index (Phi) is 4.10. The number of imidazole rings is 1. The first kappa shape index (κ1) is 16.6. The van der Waals surface area contributed by atoms with Gasteiger partial charge in [0.15, 0.2) is 17.3 Å². The van der Waals surface area contributed by atoms with E-state index in [-0.39, 0.29) is 5.82 Å². The van der Waals surface area contributed by atoms with Crippen LogP contribution >= 0.6 is 0 Å². The van der Waals surface area contributed by atoms with E-state index < -0.39 is 0 Å². The number of aromatic amines is 1. The zero-order valence-corrected chi connectivity index (χ0v) is 15.2. The van der Waals surface area contributed by atoms with Gasteiger partial charge in [-0.1, -0.05) is 12.1 Å². The molecule has 0 bridgehead atoms. The predicted molar refractivity (Wildman–Crippen MR) is 108 cm³/mol. The SMILES string of the molecule is [NH]c1ncc(-c2cncc(N3CCNCC3)c2)nc1-c1nc2ccccc2[nH]1. The van der Waals surface area contributed by atoms with Gasteiger partial charge in [-0.2, -0.15) is 0 Å². The predicted octanol–water partition coefficient (Wildman–Crippen LogP) is 2.41. The molecule has 3 aromatic heterocycles. The molecule has 0 atom stereocenters. The quantitative estimate of drug-likeness (QED) is 0.573. The fourth-order valence-electron chi connectivity index (χ4n) is 3.42. The van der Waals surface area contributed by atoms with Gasteiger partial charge in [0, 0.05) is 37.9 Å². The summed E-state index contributed by atoms with van der Waals surface area (Å²) in [4.78, 5) is 23.4. The number of fused-ring (bicyclic) bond motifs is 1. The molecule has 28 heavy (non-hydrogen) atoms. The van der Waals surface area contributed by atoms with Gasteiger partial charge >= 0.3 is 0 Å². The van der Waals surface area contributed by atoms with E-state index in [0.29, 0.717) is 17.2 Å². The van der Waals surface area contributed by atoms with Crippen molar-refractivity contribution in [3.8, 4) is 22.8 Å². The largest absolute Gasteiger partial charge is 0.368 e. The van der Waals surface area contributed by atoms with E-state index >= 15 is 0 Å². The number of nitrogens with zero attached hydrogens (tertiary/aromatic N) is 5. The highest BCUT2D eigenvalue weighted by Crippen LogP contribution is 2.28. The Bertz CT molecular complexity index is 1100. The molecule has 1 aromatic carbocycles. The lowest BCUT2D eigenvalue weighted by atomic mass is 10.2. The number of rotatable bonds is 3. The van der Waals surface area contributed by atoms with Crippen LogP contribution in [0.5, 0.6) is 0 Å². The summed E-state index contributed by atoms with van der Waals surface area (Å²) in [5, 5.41) is 3.36. The van der Waals surface area contributed by atoms with Gasteiger partial charge < -0.3 is 15.2 Å². The van der Waals surface area contributed by atoms with Gasteiger partial charge in [0.25, 0.3) is 0 Å². The van der Waals surface area contributed by atoms with Gasteiger partial charge in [0.05, 0.1) is 34.8 Å². The topological polar surface area (TPSA) is 106 Å². The molecule has 0 spiro atoms. The lowest BCUT2D eigenvalue weighted by Crippen LogP contribution is -2.43. The third-order valence-electron chi connectivity index (χ3n) is 4.89. The minimum atomic E-state index is 0.0917. The lowest BCUT2D eigenvalue weighted by Gasteiger charge is -2.29. The van der Waals surface area contributed by atoms with E-state index in [1.807, 2.05) is 30.5 Å². The molecular weight excluding hydrogens is 352 g/mol. The highest BCUT2D eigenvalue weighted by molar-refractivity contribution is 5.80. The average Bonchev–Trinajstić information content (AvgIpc) is 3.19. The molecular formula is C20H19N8. The molecule has 1 saturated heterocycles. The van der Waals surface area contributed by atoms with Crippen molar-refractivity contribution < 1.29 is 0 Å². The molecule has 4 aromatic rings. The molecule has 0 aliphatic carbocycles. The van der Waals surface area contributed by atoms with Crippen LogP contribution in [0.4, 0.5) is 11.5 Å². The third kappa shape index (κ3) is 3.03. The fourth-order valence-corrected chi connectivity index (χ4v) is 3.42. The van der Waals surface area contributed by atoms with Crippen LogP contribution in [-0.2, 0) is 0 Å². The Morgan fingerprint density at radius 1 is 1.00 bits per heavy atom. The minimum Gasteiger partial charge on any atom is -0.368 e. The highest BCUT2D eigenvalue weighted by Gasteiger charge is 2.15. The molecule has 0 unspecified atom stereocenters. The molecule has 8 heteroatoms. The molecule has 0 amide bonds. The van der Waals surface area contributed by atoms with Crippen molar-refractivity contribution in [2.75, 3.05) is 31.1 Å². The standard InChI is InChI=1S/C20H19N8/c21-19-18(20-26-15-3-1-2-4-16(15)27-20)25-17(12-24-19)13-9-14(11-23-10-13)28-7-5-22-6-8-28/h1-4,9-12,21-22H,5-8H2,(H,26,27). The number of nitrogens with one attached hydrogen (secondary N) is 3. The Labute approximate surface area is 161 Å². The molecule has 8 nitrogen and oxygen atoms in total. The second-order valence-corrected chi connectivity index (χ2v) is 6.72. The van der Waals surface area contributed by atoms with Gasteiger partial charge in [-0.3, -0.25) is 10.7 Å². The van der Waals surface area contributed by atoms with Crippen LogP contribution in [0.3, 0.4) is 0 Å². The number of anilines is 1. The van der Waals surface area contributed by atoms with Gasteiger partial charge in [0.2, 0.25) is 0 Å². The minimum absolute atomic E-state index is 0.0917. The van der Waals surface area contributed by atoms with E-state index in [0.717, 1.165) is 48.5 Å². The van der Waals surface area contributed by atoms with Crippen LogP contribution in [-0.4, -0.2) is 51.1 Å². The Morgan fingerprint density at radius 3 is 2.71 bits per heavy atom. The van der Waals surface area contributed by atoms with Crippen molar-refractivity contribution in [2.24, 2.45) is 0 Å². The fraction of sp³-hybridized carbons (Fsp3) is 0.200. The van der Waals surface area contributed by atoms with Crippen LogP contribution < -0.4 is 16.0 Å². The number of H-pyrrole nitrogens is 1. The van der Waals surface area contributed by atoms with E-state index in [2.05, 4.69) is 41.2 Å². The summed E-state index contributed by atoms with van der Waals surface area (Å²) in [6.07, 6.45) is 5.27. The smallest absolute Gasteiger partial charge is 0.174 e. The highest BCUT2D eigenvalue weighted by atomic mass is 15.2. The molecule has 1 radical (unpaired) electrons. The summed E-state index contributed by atoms with van der Waals surface area (Å²) in [6, 6.07) is 9.84. The second-order valence-electron chi connectivity index (χ2n) is 6.72. The lowest BCUT2D eigenvalue weighted by molar-refractivity contribution is 0.589. The Morgan fingerprint density at radius 2 is 1.86 bits per heavy atom. The Hall–Kier alpha value is -3.52. The van der Waals surface area contributed by atoms with Crippen LogP contribution in [0.1, 0.15) is 0 Å². The maximum Gasteiger partial charge on any atom is 0.174 e. The van der Waals surface area contributed by atoms with Crippen molar-refractivity contribution in [1.29, 1.82) is 0 Å².